The lowest BCUT2D eigenvalue weighted by atomic mass is 10.1. The SMILES string of the molecule is Cl.O=C(CCl)OC1CCN(CC(=O)c2ccccc2)CC1. The van der Waals surface area contributed by atoms with E-state index in [9.17, 15) is 9.59 Å². The molecule has 1 aliphatic rings. The molecular weight excluding hydrogens is 313 g/mol. The number of nitrogens with zero attached hydrogens (tertiary/aromatic N) is 1. The van der Waals surface area contributed by atoms with Gasteiger partial charge in [-0.2, -0.15) is 0 Å². The van der Waals surface area contributed by atoms with Gasteiger partial charge in [0.05, 0.1) is 6.54 Å². The average Bonchev–Trinajstić information content (AvgIpc) is 2.50. The highest BCUT2D eigenvalue weighted by atomic mass is 35.5. The highest BCUT2D eigenvalue weighted by Crippen LogP contribution is 2.14. The molecule has 0 spiro atoms. The molecular formula is C15H19Cl2NO3. The quantitative estimate of drug-likeness (QED) is 0.472. The molecule has 2 rings (SSSR count). The van der Waals surface area contributed by atoms with Crippen molar-refractivity contribution in [2.45, 2.75) is 18.9 Å². The zero-order valence-corrected chi connectivity index (χ0v) is 13.2. The van der Waals surface area contributed by atoms with Crippen LogP contribution in [-0.4, -0.2) is 48.3 Å². The number of benzene rings is 1. The Bertz CT molecular complexity index is 459. The molecule has 1 saturated heterocycles. The summed E-state index contributed by atoms with van der Waals surface area (Å²) in [6, 6.07) is 9.29. The fourth-order valence-electron chi connectivity index (χ4n) is 2.32. The predicted molar refractivity (Wildman–Crippen MR) is 84.3 cm³/mol. The average molecular weight is 332 g/mol. The lowest BCUT2D eigenvalue weighted by Crippen LogP contribution is -2.40. The Morgan fingerprint density at radius 1 is 1.19 bits per heavy atom. The maximum atomic E-state index is 12.1. The number of hydrogen-bond acceptors (Lipinski definition) is 4. The third-order valence-corrected chi connectivity index (χ3v) is 3.62. The van der Waals surface area contributed by atoms with Crippen LogP contribution in [0, 0.1) is 0 Å². The van der Waals surface area contributed by atoms with E-state index < -0.39 is 0 Å². The minimum Gasteiger partial charge on any atom is -0.461 e. The van der Waals surface area contributed by atoms with Gasteiger partial charge in [-0.15, -0.1) is 24.0 Å². The van der Waals surface area contributed by atoms with E-state index in [1.165, 1.54) is 0 Å². The van der Waals surface area contributed by atoms with E-state index in [0.29, 0.717) is 6.54 Å². The van der Waals surface area contributed by atoms with Gasteiger partial charge in [0.1, 0.15) is 12.0 Å². The summed E-state index contributed by atoms with van der Waals surface area (Å²) in [5.41, 5.74) is 0.739. The van der Waals surface area contributed by atoms with Crippen LogP contribution in [0.5, 0.6) is 0 Å². The van der Waals surface area contributed by atoms with Gasteiger partial charge >= 0.3 is 5.97 Å². The van der Waals surface area contributed by atoms with Crippen molar-refractivity contribution >= 4 is 35.8 Å². The minimum atomic E-state index is -0.370. The van der Waals surface area contributed by atoms with E-state index in [-0.39, 0.29) is 36.1 Å². The zero-order valence-electron chi connectivity index (χ0n) is 11.7. The van der Waals surface area contributed by atoms with Crippen LogP contribution in [0.4, 0.5) is 0 Å². The monoisotopic (exact) mass is 331 g/mol. The molecule has 0 aromatic heterocycles. The van der Waals surface area contributed by atoms with E-state index in [0.717, 1.165) is 31.5 Å². The minimum absolute atomic E-state index is 0. The molecule has 0 saturated carbocycles. The number of likely N-dealkylation sites (tertiary alicyclic amines) is 1. The third-order valence-electron chi connectivity index (χ3n) is 3.40. The number of alkyl halides is 1. The molecule has 0 N–H and O–H groups in total. The first-order valence-electron chi connectivity index (χ1n) is 6.75. The zero-order chi connectivity index (χ0) is 14.4. The van der Waals surface area contributed by atoms with Gasteiger partial charge in [-0.05, 0) is 12.8 Å². The summed E-state index contributed by atoms with van der Waals surface area (Å²) in [6.07, 6.45) is 1.44. The van der Waals surface area contributed by atoms with E-state index >= 15 is 0 Å². The van der Waals surface area contributed by atoms with Crippen LogP contribution in [-0.2, 0) is 9.53 Å². The Balaban J connectivity index is 0.00000220. The summed E-state index contributed by atoms with van der Waals surface area (Å²) in [4.78, 5) is 25.3. The summed E-state index contributed by atoms with van der Waals surface area (Å²) < 4.78 is 5.20. The molecule has 0 unspecified atom stereocenters. The fraction of sp³-hybridized carbons (Fsp3) is 0.467. The standard InChI is InChI=1S/C15H18ClNO3.ClH/c16-10-15(19)20-13-6-8-17(9-7-13)11-14(18)12-4-2-1-3-5-12;/h1-5,13H,6-11H2;1H. The van der Waals surface area contributed by atoms with Gasteiger partial charge in [-0.1, -0.05) is 30.3 Å². The largest absolute Gasteiger partial charge is 0.461 e. The Hall–Kier alpha value is -1.10. The summed E-state index contributed by atoms with van der Waals surface area (Å²) in [5.74, 6) is -0.348. The molecule has 0 atom stereocenters. The highest BCUT2D eigenvalue weighted by molar-refractivity contribution is 6.26. The fourth-order valence-corrected chi connectivity index (χ4v) is 2.38. The predicted octanol–water partition coefficient (Wildman–Crippen LogP) is 2.54. The number of piperidine rings is 1. The molecule has 1 heterocycles. The van der Waals surface area contributed by atoms with Crippen molar-refractivity contribution in [2.75, 3.05) is 25.5 Å². The van der Waals surface area contributed by atoms with Crippen molar-refractivity contribution in [3.63, 3.8) is 0 Å². The molecule has 0 radical (unpaired) electrons. The van der Waals surface area contributed by atoms with Gasteiger partial charge < -0.3 is 4.74 Å². The number of rotatable bonds is 5. The number of esters is 1. The van der Waals surface area contributed by atoms with Crippen molar-refractivity contribution in [2.24, 2.45) is 0 Å². The van der Waals surface area contributed by atoms with E-state index in [1.54, 1.807) is 0 Å². The van der Waals surface area contributed by atoms with Crippen LogP contribution in [0.2, 0.25) is 0 Å². The van der Waals surface area contributed by atoms with Crippen molar-refractivity contribution in [3.8, 4) is 0 Å². The Labute approximate surface area is 135 Å². The number of carbonyl (C=O) groups excluding carboxylic acids is 2. The van der Waals surface area contributed by atoms with Gasteiger partial charge in [0.15, 0.2) is 5.78 Å². The maximum Gasteiger partial charge on any atom is 0.321 e. The third kappa shape index (κ3) is 5.65. The normalized spacial score (nSPS) is 16.0. The van der Waals surface area contributed by atoms with E-state index in [4.69, 9.17) is 16.3 Å². The molecule has 1 aromatic rings. The number of ether oxygens (including phenoxy) is 1. The molecule has 1 fully saturated rings. The molecule has 21 heavy (non-hydrogen) atoms. The van der Waals surface area contributed by atoms with Crippen molar-refractivity contribution in [1.29, 1.82) is 0 Å². The number of hydrogen-bond donors (Lipinski definition) is 0. The molecule has 0 bridgehead atoms. The van der Waals surface area contributed by atoms with Gasteiger partial charge in [-0.25, -0.2) is 0 Å². The summed E-state index contributed by atoms with van der Waals surface area (Å²) in [6.45, 7) is 1.94. The Morgan fingerprint density at radius 3 is 2.38 bits per heavy atom. The lowest BCUT2D eigenvalue weighted by molar-refractivity contribution is -0.148. The molecule has 0 aliphatic carbocycles. The Kier molecular flexibility index (Phi) is 7.72. The lowest BCUT2D eigenvalue weighted by Gasteiger charge is -2.30. The smallest absolute Gasteiger partial charge is 0.321 e. The highest BCUT2D eigenvalue weighted by Gasteiger charge is 2.23. The molecule has 4 nitrogen and oxygen atoms in total. The van der Waals surface area contributed by atoms with Crippen molar-refractivity contribution in [1.82, 2.24) is 4.90 Å². The van der Waals surface area contributed by atoms with Gasteiger partial charge in [-0.3, -0.25) is 14.5 Å². The van der Waals surface area contributed by atoms with Crippen LogP contribution in [0.25, 0.3) is 0 Å². The molecule has 1 aliphatic heterocycles. The Morgan fingerprint density at radius 2 is 1.81 bits per heavy atom. The molecule has 116 valence electrons. The molecule has 6 heteroatoms. The van der Waals surface area contributed by atoms with Crippen LogP contribution in [0.15, 0.2) is 30.3 Å². The number of halogens is 2. The second kappa shape index (κ2) is 9.03. The van der Waals surface area contributed by atoms with Crippen LogP contribution in [0.3, 0.4) is 0 Å². The second-order valence-corrected chi connectivity index (χ2v) is 5.16. The van der Waals surface area contributed by atoms with E-state index in [2.05, 4.69) is 4.90 Å². The maximum absolute atomic E-state index is 12.1. The number of ketones is 1. The van der Waals surface area contributed by atoms with Crippen molar-refractivity contribution < 1.29 is 14.3 Å². The van der Waals surface area contributed by atoms with Crippen LogP contribution in [0.1, 0.15) is 23.2 Å². The molecule has 0 amide bonds. The van der Waals surface area contributed by atoms with Gasteiger partial charge in [0.2, 0.25) is 0 Å². The second-order valence-electron chi connectivity index (χ2n) is 4.89. The van der Waals surface area contributed by atoms with Gasteiger partial charge in [0, 0.05) is 18.7 Å². The van der Waals surface area contributed by atoms with Gasteiger partial charge in [0.25, 0.3) is 0 Å². The summed E-state index contributed by atoms with van der Waals surface area (Å²) in [7, 11) is 0. The topological polar surface area (TPSA) is 46.6 Å². The number of Topliss-reactive ketones (excluding diaryl/α,β-unsaturated/α-hetero) is 1. The number of carbonyl (C=O) groups is 2. The summed E-state index contributed by atoms with van der Waals surface area (Å²) in [5, 5.41) is 0. The van der Waals surface area contributed by atoms with Crippen molar-refractivity contribution in [3.05, 3.63) is 35.9 Å². The first-order chi connectivity index (χ1) is 9.69. The van der Waals surface area contributed by atoms with Crippen LogP contribution >= 0.6 is 24.0 Å². The first kappa shape index (κ1) is 18.0. The molecule has 1 aromatic carbocycles. The van der Waals surface area contributed by atoms with Crippen LogP contribution < -0.4 is 0 Å². The van der Waals surface area contributed by atoms with E-state index in [1.807, 2.05) is 30.3 Å². The first-order valence-corrected chi connectivity index (χ1v) is 7.28. The summed E-state index contributed by atoms with van der Waals surface area (Å²) >= 11 is 5.41.